The topological polar surface area (TPSA) is 47.9 Å². The van der Waals surface area contributed by atoms with Crippen LogP contribution in [0.15, 0.2) is 28.4 Å². The van der Waals surface area contributed by atoms with Crippen molar-refractivity contribution < 1.29 is 4.79 Å². The van der Waals surface area contributed by atoms with E-state index in [2.05, 4.69) is 21.4 Å². The Morgan fingerprint density at radius 2 is 2.33 bits per heavy atom. The number of nitrogens with one attached hydrogen (secondary N) is 1. The number of likely N-dealkylation sites (N-methyl/N-ethyl adjacent to an activating group) is 1. The van der Waals surface area contributed by atoms with Gasteiger partial charge in [0.15, 0.2) is 11.9 Å². The highest BCUT2D eigenvalue weighted by Crippen LogP contribution is 2.35. The highest BCUT2D eigenvalue weighted by molar-refractivity contribution is 5.85. The molecule has 5 heteroatoms. The fourth-order valence-electron chi connectivity index (χ4n) is 3.08. The molecule has 2 atom stereocenters. The first-order valence-corrected chi connectivity index (χ1v) is 6.30. The maximum Gasteiger partial charge on any atom is 0.157 e. The number of hydrogen-bond acceptors (Lipinski definition) is 5. The van der Waals surface area contributed by atoms with Crippen LogP contribution in [0.4, 0.5) is 0 Å². The van der Waals surface area contributed by atoms with E-state index in [-0.39, 0.29) is 18.0 Å². The molecule has 1 saturated heterocycles. The summed E-state index contributed by atoms with van der Waals surface area (Å²) < 4.78 is 0. The fourth-order valence-corrected chi connectivity index (χ4v) is 3.08. The first kappa shape index (κ1) is 11.6. The molecule has 0 amide bonds. The Balaban J connectivity index is 2.03. The predicted molar refractivity (Wildman–Crippen MR) is 70.0 cm³/mol. The Kier molecular flexibility index (Phi) is 2.80. The number of hydrazine groups is 1. The van der Waals surface area contributed by atoms with Crippen LogP contribution in [0, 0.1) is 0 Å². The van der Waals surface area contributed by atoms with Crippen LogP contribution >= 0.6 is 0 Å². The number of carbonyl (C=O) groups is 1. The van der Waals surface area contributed by atoms with Crippen molar-refractivity contribution in [1.82, 2.24) is 15.3 Å². The normalized spacial score (nSPS) is 31.7. The number of piperidine rings is 1. The van der Waals surface area contributed by atoms with Crippen molar-refractivity contribution >= 4 is 12.0 Å². The van der Waals surface area contributed by atoms with Crippen molar-refractivity contribution in [3.8, 4) is 0 Å². The van der Waals surface area contributed by atoms with E-state index in [0.717, 1.165) is 6.42 Å². The van der Waals surface area contributed by atoms with Crippen LogP contribution in [0.1, 0.15) is 12.8 Å². The molecule has 0 spiro atoms. The molecule has 96 valence electrons. The second-order valence-electron chi connectivity index (χ2n) is 5.01. The molecule has 0 aromatic heterocycles. The molecule has 3 heterocycles. The van der Waals surface area contributed by atoms with Gasteiger partial charge in [-0.1, -0.05) is 6.08 Å². The summed E-state index contributed by atoms with van der Waals surface area (Å²) in [6.07, 6.45) is 7.71. The summed E-state index contributed by atoms with van der Waals surface area (Å²) in [4.78, 5) is 18.4. The molecule has 3 rings (SSSR count). The Bertz CT molecular complexity index is 466. The minimum absolute atomic E-state index is 0.0353. The molecule has 3 aliphatic rings. The van der Waals surface area contributed by atoms with Gasteiger partial charge >= 0.3 is 0 Å². The summed E-state index contributed by atoms with van der Waals surface area (Å²) in [6, 6.07) is 0.245. The van der Waals surface area contributed by atoms with Gasteiger partial charge in [0.1, 0.15) is 0 Å². The second-order valence-corrected chi connectivity index (χ2v) is 5.01. The van der Waals surface area contributed by atoms with Crippen LogP contribution in [0.5, 0.6) is 0 Å². The van der Waals surface area contributed by atoms with Crippen LogP contribution in [0.25, 0.3) is 0 Å². The molecule has 0 saturated carbocycles. The maximum absolute atomic E-state index is 11.7. The first-order chi connectivity index (χ1) is 8.70. The van der Waals surface area contributed by atoms with E-state index < -0.39 is 0 Å². The Labute approximate surface area is 107 Å². The molecule has 3 aliphatic heterocycles. The number of hydrogen-bond donors (Lipinski definition) is 1. The smallest absolute Gasteiger partial charge is 0.157 e. The van der Waals surface area contributed by atoms with Gasteiger partial charge in [0.05, 0.1) is 12.6 Å². The molecule has 0 aromatic rings. The van der Waals surface area contributed by atoms with Crippen molar-refractivity contribution in [1.29, 1.82) is 0 Å². The van der Waals surface area contributed by atoms with Gasteiger partial charge in [-0.3, -0.25) is 19.7 Å². The predicted octanol–water partition coefficient (Wildman–Crippen LogP) is 0.320. The van der Waals surface area contributed by atoms with Crippen LogP contribution in [0.3, 0.4) is 0 Å². The van der Waals surface area contributed by atoms with Gasteiger partial charge in [0.25, 0.3) is 0 Å². The number of nitrogens with zero attached hydrogens (tertiary/aromatic N) is 3. The molecule has 1 fully saturated rings. The molecular weight excluding hydrogens is 228 g/mol. The van der Waals surface area contributed by atoms with E-state index >= 15 is 0 Å². The zero-order valence-electron chi connectivity index (χ0n) is 10.8. The zero-order valence-corrected chi connectivity index (χ0v) is 10.8. The summed E-state index contributed by atoms with van der Waals surface area (Å²) in [5, 5.41) is 1.99. The number of aliphatic imine (C=N–C) groups is 1. The average Bonchev–Trinajstić information content (AvgIpc) is 2.36. The molecule has 18 heavy (non-hydrogen) atoms. The number of ketones is 1. The van der Waals surface area contributed by atoms with E-state index in [1.54, 1.807) is 0 Å². The zero-order chi connectivity index (χ0) is 12.7. The largest absolute Gasteiger partial charge is 0.298 e. The highest BCUT2D eigenvalue weighted by Gasteiger charge is 2.39. The Morgan fingerprint density at radius 3 is 3.11 bits per heavy atom. The summed E-state index contributed by atoms with van der Waals surface area (Å²) in [5.74, 6) is 0.286. The van der Waals surface area contributed by atoms with E-state index in [0.29, 0.717) is 13.0 Å². The lowest BCUT2D eigenvalue weighted by Gasteiger charge is -2.45. The molecule has 5 nitrogen and oxygen atoms in total. The number of rotatable bonds is 1. The fraction of sp³-hybridized carbons (Fsp3) is 0.538. The molecule has 1 N–H and O–H groups in total. The molecular formula is C13H18N4O. The van der Waals surface area contributed by atoms with Crippen molar-refractivity contribution in [3.05, 3.63) is 23.4 Å². The molecule has 0 aliphatic carbocycles. The van der Waals surface area contributed by atoms with Gasteiger partial charge in [-0.15, -0.1) is 0 Å². The van der Waals surface area contributed by atoms with Crippen LogP contribution in [-0.4, -0.2) is 54.8 Å². The quantitative estimate of drug-likeness (QED) is 0.677. The van der Waals surface area contributed by atoms with Crippen LogP contribution < -0.4 is 5.43 Å². The average molecular weight is 246 g/mol. The van der Waals surface area contributed by atoms with Crippen LogP contribution in [0.2, 0.25) is 0 Å². The molecule has 0 bridgehead atoms. The lowest BCUT2D eigenvalue weighted by Crippen LogP contribution is -2.54. The van der Waals surface area contributed by atoms with E-state index in [9.17, 15) is 4.79 Å². The lowest BCUT2D eigenvalue weighted by molar-refractivity contribution is -0.121. The number of carbonyl (C=O) groups excluding carboxylic acids is 1. The SMILES string of the molecule is CNN1C=C2CC(=O)CN(C)C2C2=CCC=NC21. The summed E-state index contributed by atoms with van der Waals surface area (Å²) in [6.45, 7) is 0.537. The number of Topliss-reactive ketones (excluding diaryl/α,β-unsaturated/α-hetero) is 1. The highest BCUT2D eigenvalue weighted by atomic mass is 16.1. The van der Waals surface area contributed by atoms with E-state index in [1.807, 2.05) is 31.5 Å². The van der Waals surface area contributed by atoms with Gasteiger partial charge in [-0.2, -0.15) is 0 Å². The van der Waals surface area contributed by atoms with Gasteiger partial charge in [0.2, 0.25) is 0 Å². The Hall–Kier alpha value is -1.46. The van der Waals surface area contributed by atoms with E-state index in [1.165, 1.54) is 11.1 Å². The van der Waals surface area contributed by atoms with Crippen molar-refractivity contribution in [2.75, 3.05) is 20.6 Å². The monoisotopic (exact) mass is 246 g/mol. The lowest BCUT2D eigenvalue weighted by atomic mass is 9.85. The Morgan fingerprint density at radius 1 is 1.50 bits per heavy atom. The van der Waals surface area contributed by atoms with Gasteiger partial charge in [0, 0.05) is 32.3 Å². The van der Waals surface area contributed by atoms with Gasteiger partial charge < -0.3 is 0 Å². The third kappa shape index (κ3) is 1.71. The van der Waals surface area contributed by atoms with Crippen molar-refractivity contribution in [2.24, 2.45) is 4.99 Å². The third-order valence-electron chi connectivity index (χ3n) is 3.77. The number of dihydropyridines is 1. The number of fused-ring (bicyclic) bond motifs is 3. The number of allylic oxidation sites excluding steroid dienone is 1. The summed E-state index contributed by atoms with van der Waals surface area (Å²) >= 11 is 0. The van der Waals surface area contributed by atoms with Gasteiger partial charge in [-0.25, -0.2) is 5.43 Å². The summed E-state index contributed by atoms with van der Waals surface area (Å²) in [5.41, 5.74) is 5.60. The maximum atomic E-state index is 11.7. The molecule has 2 unspecified atom stereocenters. The van der Waals surface area contributed by atoms with Crippen molar-refractivity contribution in [2.45, 2.75) is 25.0 Å². The first-order valence-electron chi connectivity index (χ1n) is 6.30. The minimum Gasteiger partial charge on any atom is -0.298 e. The molecule has 0 aromatic carbocycles. The molecule has 0 radical (unpaired) electrons. The van der Waals surface area contributed by atoms with Crippen LogP contribution in [-0.2, 0) is 4.79 Å². The minimum atomic E-state index is 0.0353. The standard InChI is InChI=1S/C13H18N4O/c1-14-17-7-9-6-10(18)8-16(2)12(9)11-4-3-5-15-13(11)17/h4-5,7,12-14H,3,6,8H2,1-2H3. The summed E-state index contributed by atoms with van der Waals surface area (Å²) in [7, 11) is 3.90. The third-order valence-corrected chi connectivity index (χ3v) is 3.77. The van der Waals surface area contributed by atoms with Crippen molar-refractivity contribution in [3.63, 3.8) is 0 Å². The van der Waals surface area contributed by atoms with Gasteiger partial charge in [-0.05, 0) is 18.2 Å². The second kappa shape index (κ2) is 4.33. The number of likely N-dealkylation sites (tertiary alicyclic amines) is 1. The van der Waals surface area contributed by atoms with E-state index in [4.69, 9.17) is 0 Å².